The second kappa shape index (κ2) is 4.85. The molecule has 3 nitrogen and oxygen atoms in total. The van der Waals surface area contributed by atoms with Crippen molar-refractivity contribution < 1.29 is 9.84 Å². The van der Waals surface area contributed by atoms with Crippen molar-refractivity contribution in [3.8, 4) is 5.75 Å². The van der Waals surface area contributed by atoms with Crippen molar-refractivity contribution in [1.29, 1.82) is 0 Å². The first-order valence-corrected chi connectivity index (χ1v) is 5.78. The maximum atomic E-state index is 10.4. The van der Waals surface area contributed by atoms with Gasteiger partial charge in [0.2, 0.25) is 0 Å². The van der Waals surface area contributed by atoms with E-state index in [2.05, 4.69) is 5.32 Å². The minimum absolute atomic E-state index is 0.593. The lowest BCUT2D eigenvalue weighted by Gasteiger charge is -2.32. The molecule has 3 heteroatoms. The molecule has 0 aromatic heterocycles. The van der Waals surface area contributed by atoms with Gasteiger partial charge in [-0.05, 0) is 37.1 Å². The molecule has 1 atom stereocenters. The molecule has 0 radical (unpaired) electrons. The molecule has 2 rings (SSSR count). The lowest BCUT2D eigenvalue weighted by molar-refractivity contribution is 0.0169. The third-order valence-corrected chi connectivity index (χ3v) is 3.12. The van der Waals surface area contributed by atoms with E-state index >= 15 is 0 Å². The molecule has 0 spiro atoms. The lowest BCUT2D eigenvalue weighted by atomic mass is 9.87. The summed E-state index contributed by atoms with van der Waals surface area (Å²) in [6.07, 6.45) is 2.61. The van der Waals surface area contributed by atoms with Gasteiger partial charge in [-0.15, -0.1) is 0 Å². The van der Waals surface area contributed by atoms with E-state index in [1.807, 2.05) is 24.3 Å². The molecule has 1 unspecified atom stereocenters. The van der Waals surface area contributed by atoms with Crippen LogP contribution < -0.4 is 10.1 Å². The number of aliphatic hydroxyl groups is 1. The Kier molecular flexibility index (Phi) is 3.46. The van der Waals surface area contributed by atoms with Crippen LogP contribution in [0.3, 0.4) is 0 Å². The summed E-state index contributed by atoms with van der Waals surface area (Å²) in [6.45, 7) is 1.70. The minimum Gasteiger partial charge on any atom is -0.497 e. The Morgan fingerprint density at radius 2 is 2.38 bits per heavy atom. The van der Waals surface area contributed by atoms with E-state index in [-0.39, 0.29) is 0 Å². The average molecular weight is 221 g/mol. The Labute approximate surface area is 96.4 Å². The van der Waals surface area contributed by atoms with Gasteiger partial charge in [0.1, 0.15) is 5.75 Å². The molecule has 1 saturated heterocycles. The van der Waals surface area contributed by atoms with Crippen molar-refractivity contribution >= 4 is 0 Å². The third kappa shape index (κ3) is 2.74. The van der Waals surface area contributed by atoms with E-state index in [0.29, 0.717) is 13.0 Å². The van der Waals surface area contributed by atoms with Crippen LogP contribution >= 0.6 is 0 Å². The minimum atomic E-state index is -0.593. The summed E-state index contributed by atoms with van der Waals surface area (Å²) in [5, 5.41) is 13.6. The van der Waals surface area contributed by atoms with Crippen LogP contribution in [0, 0.1) is 0 Å². The molecule has 1 aromatic carbocycles. The normalized spacial score (nSPS) is 25.4. The van der Waals surface area contributed by atoms with Crippen LogP contribution in [0.5, 0.6) is 5.75 Å². The molecule has 0 aliphatic carbocycles. The highest BCUT2D eigenvalue weighted by Gasteiger charge is 2.29. The predicted octanol–water partition coefficient (Wildman–Crippen LogP) is 1.35. The smallest absolute Gasteiger partial charge is 0.119 e. The molecule has 1 heterocycles. The van der Waals surface area contributed by atoms with E-state index < -0.39 is 5.60 Å². The van der Waals surface area contributed by atoms with Gasteiger partial charge in [-0.1, -0.05) is 12.1 Å². The largest absolute Gasteiger partial charge is 0.497 e. The Bertz CT molecular complexity index is 346. The van der Waals surface area contributed by atoms with E-state index in [9.17, 15) is 5.11 Å². The van der Waals surface area contributed by atoms with Crippen LogP contribution in [-0.2, 0) is 6.42 Å². The maximum absolute atomic E-state index is 10.4. The molecule has 1 aromatic rings. The third-order valence-electron chi connectivity index (χ3n) is 3.12. The maximum Gasteiger partial charge on any atom is 0.119 e. The van der Waals surface area contributed by atoms with Gasteiger partial charge in [-0.25, -0.2) is 0 Å². The predicted molar refractivity (Wildman–Crippen MR) is 63.8 cm³/mol. The van der Waals surface area contributed by atoms with Crippen molar-refractivity contribution in [2.75, 3.05) is 20.2 Å². The second-order valence-corrected chi connectivity index (χ2v) is 4.53. The molecule has 0 amide bonds. The topological polar surface area (TPSA) is 41.5 Å². The number of benzene rings is 1. The van der Waals surface area contributed by atoms with Crippen LogP contribution in [0.2, 0.25) is 0 Å². The first-order chi connectivity index (χ1) is 7.72. The standard InChI is InChI=1S/C13H19NO2/c1-16-12-5-2-4-11(8-12)9-13(15)6-3-7-14-10-13/h2,4-5,8,14-15H,3,6-7,9-10H2,1H3. The summed E-state index contributed by atoms with van der Waals surface area (Å²) in [6, 6.07) is 7.92. The van der Waals surface area contributed by atoms with Gasteiger partial charge in [0, 0.05) is 13.0 Å². The molecular formula is C13H19NO2. The first-order valence-electron chi connectivity index (χ1n) is 5.78. The highest BCUT2D eigenvalue weighted by Crippen LogP contribution is 2.23. The van der Waals surface area contributed by atoms with Crippen molar-refractivity contribution in [3.05, 3.63) is 29.8 Å². The summed E-state index contributed by atoms with van der Waals surface area (Å²) in [5.41, 5.74) is 0.537. The zero-order chi connectivity index (χ0) is 11.4. The van der Waals surface area contributed by atoms with Crippen molar-refractivity contribution in [3.63, 3.8) is 0 Å². The molecule has 2 N–H and O–H groups in total. The summed E-state index contributed by atoms with van der Waals surface area (Å²) in [5.74, 6) is 0.852. The van der Waals surface area contributed by atoms with Crippen LogP contribution in [0.25, 0.3) is 0 Å². The Morgan fingerprint density at radius 1 is 1.50 bits per heavy atom. The molecular weight excluding hydrogens is 202 g/mol. The Hall–Kier alpha value is -1.06. The van der Waals surface area contributed by atoms with Crippen LogP contribution in [0.4, 0.5) is 0 Å². The Morgan fingerprint density at radius 3 is 3.06 bits per heavy atom. The Balaban J connectivity index is 2.07. The van der Waals surface area contributed by atoms with Crippen LogP contribution in [0.15, 0.2) is 24.3 Å². The number of rotatable bonds is 3. The average Bonchev–Trinajstić information content (AvgIpc) is 2.29. The number of piperidine rings is 1. The number of β-amino-alcohol motifs (C(OH)–C–C–N with tert-alkyl or cyclic N) is 1. The van der Waals surface area contributed by atoms with Crippen molar-refractivity contribution in [2.24, 2.45) is 0 Å². The van der Waals surface area contributed by atoms with Crippen molar-refractivity contribution in [1.82, 2.24) is 5.32 Å². The van der Waals surface area contributed by atoms with Crippen LogP contribution in [0.1, 0.15) is 18.4 Å². The number of ether oxygens (including phenoxy) is 1. The summed E-state index contributed by atoms with van der Waals surface area (Å²) in [7, 11) is 1.66. The van der Waals surface area contributed by atoms with Gasteiger partial charge in [0.15, 0.2) is 0 Å². The van der Waals surface area contributed by atoms with Gasteiger partial charge in [-0.3, -0.25) is 0 Å². The van der Waals surface area contributed by atoms with E-state index in [1.54, 1.807) is 7.11 Å². The molecule has 1 aliphatic heterocycles. The van der Waals surface area contributed by atoms with E-state index in [0.717, 1.165) is 30.7 Å². The van der Waals surface area contributed by atoms with Gasteiger partial charge >= 0.3 is 0 Å². The molecule has 0 saturated carbocycles. The summed E-state index contributed by atoms with van der Waals surface area (Å²) < 4.78 is 5.18. The summed E-state index contributed by atoms with van der Waals surface area (Å²) in [4.78, 5) is 0. The molecule has 1 fully saturated rings. The fourth-order valence-electron chi connectivity index (χ4n) is 2.27. The van der Waals surface area contributed by atoms with E-state index in [1.165, 1.54) is 0 Å². The number of nitrogens with one attached hydrogen (secondary N) is 1. The number of hydrogen-bond donors (Lipinski definition) is 2. The van der Waals surface area contributed by atoms with Crippen LogP contribution in [-0.4, -0.2) is 30.9 Å². The van der Waals surface area contributed by atoms with Gasteiger partial charge in [0.25, 0.3) is 0 Å². The molecule has 1 aliphatic rings. The SMILES string of the molecule is COc1cccc(CC2(O)CCCNC2)c1. The lowest BCUT2D eigenvalue weighted by Crippen LogP contribution is -2.47. The van der Waals surface area contributed by atoms with Crippen molar-refractivity contribution in [2.45, 2.75) is 24.9 Å². The molecule has 0 bridgehead atoms. The fraction of sp³-hybridized carbons (Fsp3) is 0.538. The van der Waals surface area contributed by atoms with E-state index in [4.69, 9.17) is 4.74 Å². The zero-order valence-corrected chi connectivity index (χ0v) is 9.70. The zero-order valence-electron chi connectivity index (χ0n) is 9.70. The quantitative estimate of drug-likeness (QED) is 0.809. The van der Waals surface area contributed by atoms with Gasteiger partial charge < -0.3 is 15.2 Å². The molecule has 16 heavy (non-hydrogen) atoms. The highest BCUT2D eigenvalue weighted by molar-refractivity contribution is 5.29. The number of methoxy groups -OCH3 is 1. The van der Waals surface area contributed by atoms with Gasteiger partial charge in [0.05, 0.1) is 12.7 Å². The fourth-order valence-corrected chi connectivity index (χ4v) is 2.27. The van der Waals surface area contributed by atoms with Gasteiger partial charge in [-0.2, -0.15) is 0 Å². The summed E-state index contributed by atoms with van der Waals surface area (Å²) >= 11 is 0. The first kappa shape index (κ1) is 11.4. The number of hydrogen-bond acceptors (Lipinski definition) is 3. The monoisotopic (exact) mass is 221 g/mol. The second-order valence-electron chi connectivity index (χ2n) is 4.53. The molecule has 88 valence electrons. The highest BCUT2D eigenvalue weighted by atomic mass is 16.5.